The number of rotatable bonds is 10. The average Bonchev–Trinajstić information content (AvgIpc) is 2.56. The molecule has 0 N–H and O–H groups in total. The minimum atomic E-state index is 0. The molecule has 0 saturated carbocycles. The summed E-state index contributed by atoms with van der Waals surface area (Å²) >= 11 is 0. The molecule has 0 bridgehead atoms. The van der Waals surface area contributed by atoms with Gasteiger partial charge in [-0.2, -0.15) is 0 Å². The molecule has 6 nitrogen and oxygen atoms in total. The van der Waals surface area contributed by atoms with Crippen molar-refractivity contribution in [2.75, 3.05) is 0 Å². The van der Waals surface area contributed by atoms with E-state index in [-0.39, 0.29) is 42.9 Å². The fourth-order valence-electron chi connectivity index (χ4n) is 2.12. The van der Waals surface area contributed by atoms with Crippen molar-refractivity contribution in [2.24, 2.45) is 0 Å². The zero-order chi connectivity index (χ0) is 23.6. The fourth-order valence-corrected chi connectivity index (χ4v) is 2.12. The van der Waals surface area contributed by atoms with Gasteiger partial charge in [-0.3, -0.25) is 13.6 Å². The first kappa shape index (κ1) is 39.3. The largest absolute Gasteiger partial charge is 6.00 e. The van der Waals surface area contributed by atoms with Crippen LogP contribution in [0.2, 0.25) is 0 Å². The Hall–Kier alpha value is -0.197. The molecule has 174 valence electrons. The van der Waals surface area contributed by atoms with Crippen molar-refractivity contribution in [3.05, 3.63) is 21.3 Å². The zero-order valence-corrected chi connectivity index (χ0v) is 22.6. The topological polar surface area (TPSA) is 90.5 Å². The predicted molar refractivity (Wildman–Crippen MR) is 125 cm³/mol. The SMILES string of the molecule is CCC(C)(C)[N-]C(C)[N-]C(C)C.CCC(C)(C)[N-]C(C)[N-]C(C)C.[CH-]=O.[CH-]=O.[Ru+6]. The summed E-state index contributed by atoms with van der Waals surface area (Å²) in [5, 5.41) is 18.1. The summed E-state index contributed by atoms with van der Waals surface area (Å²) in [6, 6.07) is 0.771. The third-order valence-corrected chi connectivity index (χ3v) is 3.83. The first-order valence-corrected chi connectivity index (χ1v) is 10.1. The van der Waals surface area contributed by atoms with E-state index in [9.17, 15) is 0 Å². The first-order valence-electron chi connectivity index (χ1n) is 10.1. The van der Waals surface area contributed by atoms with Gasteiger partial charge in [0.25, 0.3) is 0 Å². The van der Waals surface area contributed by atoms with Crippen LogP contribution < -0.4 is 0 Å². The molecule has 0 radical (unpaired) electrons. The van der Waals surface area contributed by atoms with E-state index in [1.807, 2.05) is 0 Å². The maximum atomic E-state index is 7.75. The van der Waals surface area contributed by atoms with Crippen molar-refractivity contribution in [2.45, 2.75) is 131 Å². The van der Waals surface area contributed by atoms with Gasteiger partial charge in [-0.15, -0.1) is 37.0 Å². The zero-order valence-electron chi connectivity index (χ0n) is 20.8. The van der Waals surface area contributed by atoms with Crippen molar-refractivity contribution < 1.29 is 29.1 Å². The van der Waals surface area contributed by atoms with Crippen molar-refractivity contribution in [3.8, 4) is 0 Å². The Kier molecular flexibility index (Phi) is 30.5. The number of hydrogen-bond acceptors (Lipinski definition) is 2. The minimum Gasteiger partial charge on any atom is -0.676 e. The Labute approximate surface area is 195 Å². The molecule has 0 fully saturated rings. The van der Waals surface area contributed by atoms with Gasteiger partial charge in [0.15, 0.2) is 0 Å². The van der Waals surface area contributed by atoms with Crippen LogP contribution in [0.25, 0.3) is 21.3 Å². The van der Waals surface area contributed by atoms with Crippen molar-refractivity contribution in [1.29, 1.82) is 0 Å². The van der Waals surface area contributed by atoms with Crippen molar-refractivity contribution in [1.82, 2.24) is 0 Å². The molecule has 29 heavy (non-hydrogen) atoms. The van der Waals surface area contributed by atoms with Crippen LogP contribution in [0.3, 0.4) is 0 Å². The van der Waals surface area contributed by atoms with Crippen LogP contribution in [0.1, 0.15) is 95.9 Å². The average molecular weight is 500 g/mol. The van der Waals surface area contributed by atoms with Crippen LogP contribution in [0.4, 0.5) is 0 Å². The third-order valence-electron chi connectivity index (χ3n) is 3.83. The van der Waals surface area contributed by atoms with Crippen LogP contribution >= 0.6 is 0 Å². The first-order chi connectivity index (χ1) is 12.7. The van der Waals surface area contributed by atoms with Crippen molar-refractivity contribution in [3.63, 3.8) is 0 Å². The number of carbonyl (C=O) groups excluding carboxylic acids is 2. The number of nitrogens with zero attached hydrogens (tertiary/aromatic N) is 4. The van der Waals surface area contributed by atoms with E-state index in [4.69, 9.17) is 9.59 Å². The van der Waals surface area contributed by atoms with Gasteiger partial charge >= 0.3 is 19.5 Å². The van der Waals surface area contributed by atoms with Gasteiger partial charge in [-0.05, 0) is 0 Å². The van der Waals surface area contributed by atoms with E-state index in [0.717, 1.165) is 12.8 Å². The molecule has 2 atom stereocenters. The van der Waals surface area contributed by atoms with Gasteiger partial charge in [0.2, 0.25) is 0 Å². The summed E-state index contributed by atoms with van der Waals surface area (Å²) in [7, 11) is 0. The van der Waals surface area contributed by atoms with E-state index in [1.165, 1.54) is 0 Å². The van der Waals surface area contributed by atoms with Crippen LogP contribution in [0, 0.1) is 0 Å². The Bertz CT molecular complexity index is 309. The maximum Gasteiger partial charge on any atom is 6.00 e. The molecular weight excluding hydrogens is 453 g/mol. The monoisotopic (exact) mass is 500 g/mol. The van der Waals surface area contributed by atoms with E-state index in [1.54, 1.807) is 0 Å². The Morgan fingerprint density at radius 3 is 0.966 bits per heavy atom. The summed E-state index contributed by atoms with van der Waals surface area (Å²) in [6.07, 6.45) is 2.43. The normalized spacial score (nSPS) is 12.9. The molecule has 0 spiro atoms. The van der Waals surface area contributed by atoms with Gasteiger partial charge in [-0.25, -0.2) is 12.3 Å². The molecule has 7 heteroatoms. The van der Waals surface area contributed by atoms with E-state index in [0.29, 0.717) is 12.1 Å². The van der Waals surface area contributed by atoms with E-state index in [2.05, 4.69) is 118 Å². The molecule has 2 unspecified atom stereocenters. The quantitative estimate of drug-likeness (QED) is 0.188. The van der Waals surface area contributed by atoms with Crippen molar-refractivity contribution >= 4 is 13.6 Å². The third kappa shape index (κ3) is 32.7. The molecule has 0 aromatic rings. The molecule has 0 aliphatic heterocycles. The smallest absolute Gasteiger partial charge is 0.676 e. The molecule has 0 aromatic heterocycles. The molecule has 0 saturated heterocycles. The standard InChI is InChI=1S/2C10H22N2.2CHO.Ru/c2*1-7-10(5,6)12-9(4)11-8(2)3;2*1-2;/h2*8-9H,7H2,1-6H3;2*1H;/q2*-2;2*-1;+6. The molecular formula is C22H46N4O2Ru. The Balaban J connectivity index is -0.000000109. The predicted octanol–water partition coefficient (Wildman–Crippen LogP) is 6.80. The molecule has 0 aromatic carbocycles. The van der Waals surface area contributed by atoms with Gasteiger partial charge in [-0.1, -0.05) is 82.1 Å². The van der Waals surface area contributed by atoms with Crippen LogP contribution in [0.15, 0.2) is 0 Å². The Morgan fingerprint density at radius 2 is 0.828 bits per heavy atom. The Morgan fingerprint density at radius 1 is 0.621 bits per heavy atom. The summed E-state index contributed by atoms with van der Waals surface area (Å²) in [5.74, 6) is 0. The molecule has 0 amide bonds. The summed E-state index contributed by atoms with van der Waals surface area (Å²) in [5.41, 5.74) is 0.162. The van der Waals surface area contributed by atoms with Gasteiger partial charge in [0, 0.05) is 0 Å². The molecule has 0 rings (SSSR count). The van der Waals surface area contributed by atoms with E-state index < -0.39 is 0 Å². The maximum absolute atomic E-state index is 7.75. The summed E-state index contributed by atoms with van der Waals surface area (Å²) in [6.45, 7) is 31.9. The second kappa shape index (κ2) is 22.5. The van der Waals surface area contributed by atoms with Crippen LogP contribution in [-0.2, 0) is 29.1 Å². The second-order valence-electron chi connectivity index (χ2n) is 8.34. The van der Waals surface area contributed by atoms with Gasteiger partial charge in [0.1, 0.15) is 0 Å². The molecule has 0 aliphatic rings. The second-order valence-corrected chi connectivity index (χ2v) is 8.34. The van der Waals surface area contributed by atoms with Gasteiger partial charge in [0.05, 0.1) is 0 Å². The van der Waals surface area contributed by atoms with Crippen LogP contribution in [-0.4, -0.2) is 49.1 Å². The molecule has 0 aliphatic carbocycles. The van der Waals surface area contributed by atoms with Gasteiger partial charge < -0.3 is 30.9 Å². The minimum absolute atomic E-state index is 0. The summed E-state index contributed by atoms with van der Waals surface area (Å²) in [4.78, 5) is 15.5. The van der Waals surface area contributed by atoms with E-state index >= 15 is 0 Å². The molecule has 0 heterocycles. The van der Waals surface area contributed by atoms with Crippen LogP contribution in [0.5, 0.6) is 0 Å². The fraction of sp³-hybridized carbons (Fsp3) is 0.909. The summed E-state index contributed by atoms with van der Waals surface area (Å²) < 4.78 is 0. The number of hydrogen-bond donors (Lipinski definition) is 0.